The van der Waals surface area contributed by atoms with Crippen molar-refractivity contribution in [2.45, 2.75) is 12.4 Å². The van der Waals surface area contributed by atoms with Gasteiger partial charge in [0.05, 0.1) is 15.7 Å². The smallest absolute Gasteiger partial charge is 0.323 e. The van der Waals surface area contributed by atoms with E-state index in [9.17, 15) is 31.1 Å². The molecule has 0 saturated heterocycles. The molecule has 0 aliphatic carbocycles. The number of rotatable bonds is 2. The van der Waals surface area contributed by atoms with Gasteiger partial charge in [-0.1, -0.05) is 34.8 Å². The second-order valence-corrected chi connectivity index (χ2v) is 5.00. The third-order valence-corrected chi connectivity index (χ3v) is 2.99. The summed E-state index contributed by atoms with van der Waals surface area (Å²) in [6.45, 7) is 0. The molecule has 0 aliphatic heterocycles. The fourth-order valence-electron chi connectivity index (χ4n) is 1.34. The first-order valence-electron chi connectivity index (χ1n) is 4.93. The number of halogens is 9. The van der Waals surface area contributed by atoms with Gasteiger partial charge in [-0.15, -0.1) is 0 Å². The molecular weight excluding hydrogens is 370 g/mol. The van der Waals surface area contributed by atoms with Gasteiger partial charge >= 0.3 is 12.4 Å². The van der Waals surface area contributed by atoms with E-state index in [0.29, 0.717) is 0 Å². The molecule has 0 atom stereocenters. The zero-order valence-electron chi connectivity index (χ0n) is 9.54. The largest absolute Gasteiger partial charge is 0.409 e. The zero-order chi connectivity index (χ0) is 16.6. The van der Waals surface area contributed by atoms with Crippen LogP contribution < -0.4 is 5.32 Å². The highest BCUT2D eigenvalue weighted by Gasteiger charge is 2.61. The second-order valence-electron chi connectivity index (χ2n) is 3.75. The SMILES string of the molecule is O=C(Nc1c(Cl)cc(Cl)cc1Cl)C(C(F)(F)F)C(F)(F)F. The summed E-state index contributed by atoms with van der Waals surface area (Å²) in [6.07, 6.45) is -11.6. The molecule has 0 radical (unpaired) electrons. The summed E-state index contributed by atoms with van der Waals surface area (Å²) < 4.78 is 74.2. The highest BCUT2D eigenvalue weighted by atomic mass is 35.5. The van der Waals surface area contributed by atoms with E-state index >= 15 is 0 Å². The van der Waals surface area contributed by atoms with Crippen LogP contribution >= 0.6 is 34.8 Å². The Morgan fingerprint density at radius 3 is 1.67 bits per heavy atom. The van der Waals surface area contributed by atoms with E-state index in [1.165, 1.54) is 5.32 Å². The van der Waals surface area contributed by atoms with Gasteiger partial charge in [-0.05, 0) is 12.1 Å². The number of amides is 1. The van der Waals surface area contributed by atoms with E-state index in [0.717, 1.165) is 12.1 Å². The predicted octanol–water partition coefficient (Wildman–Crippen LogP) is 5.33. The molecule has 1 N–H and O–H groups in total. The van der Waals surface area contributed by atoms with E-state index in [1.54, 1.807) is 0 Å². The van der Waals surface area contributed by atoms with Crippen molar-refractivity contribution in [3.63, 3.8) is 0 Å². The number of hydrogen-bond acceptors (Lipinski definition) is 1. The molecule has 1 aromatic carbocycles. The maximum Gasteiger partial charge on any atom is 0.409 e. The van der Waals surface area contributed by atoms with Crippen LogP contribution in [0.1, 0.15) is 0 Å². The summed E-state index contributed by atoms with van der Waals surface area (Å²) in [5, 5.41) is 0.611. The minimum atomic E-state index is -5.81. The monoisotopic (exact) mass is 373 g/mol. The molecular formula is C10H4Cl3F6NO. The summed E-state index contributed by atoms with van der Waals surface area (Å²) in [6, 6.07) is 2.00. The molecule has 0 unspecified atom stereocenters. The van der Waals surface area contributed by atoms with Crippen molar-refractivity contribution in [3.05, 3.63) is 27.2 Å². The molecule has 0 heterocycles. The molecule has 0 aromatic heterocycles. The van der Waals surface area contributed by atoms with Crippen molar-refractivity contribution < 1.29 is 31.1 Å². The summed E-state index contributed by atoms with van der Waals surface area (Å²) >= 11 is 16.7. The summed E-state index contributed by atoms with van der Waals surface area (Å²) in [7, 11) is 0. The first kappa shape index (κ1) is 18.2. The van der Waals surface area contributed by atoms with Gasteiger partial charge < -0.3 is 5.32 Å². The quantitative estimate of drug-likeness (QED) is 0.697. The van der Waals surface area contributed by atoms with Crippen LogP contribution in [0.2, 0.25) is 15.1 Å². The van der Waals surface area contributed by atoms with E-state index in [4.69, 9.17) is 34.8 Å². The average molecular weight is 374 g/mol. The highest BCUT2D eigenvalue weighted by molar-refractivity contribution is 6.42. The fourth-order valence-corrected chi connectivity index (χ4v) is 2.25. The van der Waals surface area contributed by atoms with Gasteiger partial charge in [0.25, 0.3) is 0 Å². The minimum Gasteiger partial charge on any atom is -0.323 e. The zero-order valence-corrected chi connectivity index (χ0v) is 11.8. The Labute approximate surface area is 129 Å². The third-order valence-electron chi connectivity index (χ3n) is 2.17. The van der Waals surface area contributed by atoms with Crippen molar-refractivity contribution in [1.82, 2.24) is 0 Å². The number of carbonyl (C=O) groups excluding carboxylic acids is 1. The maximum atomic E-state index is 12.4. The Kier molecular flexibility index (Phi) is 5.28. The third kappa shape index (κ3) is 4.55. The normalized spacial score (nSPS) is 12.7. The summed E-state index contributed by atoms with van der Waals surface area (Å²) in [4.78, 5) is 11.3. The van der Waals surface area contributed by atoms with Crippen molar-refractivity contribution in [2.24, 2.45) is 5.92 Å². The van der Waals surface area contributed by atoms with E-state index in [-0.39, 0.29) is 5.02 Å². The molecule has 0 aliphatic rings. The van der Waals surface area contributed by atoms with Crippen LogP contribution in [-0.2, 0) is 4.79 Å². The number of alkyl halides is 6. The molecule has 118 valence electrons. The number of hydrogen-bond donors (Lipinski definition) is 1. The van der Waals surface area contributed by atoms with Gasteiger partial charge in [-0.2, -0.15) is 26.3 Å². The molecule has 11 heteroatoms. The number of benzene rings is 1. The van der Waals surface area contributed by atoms with Crippen LogP contribution in [0.3, 0.4) is 0 Å². The molecule has 2 nitrogen and oxygen atoms in total. The number of carbonyl (C=O) groups is 1. The van der Waals surface area contributed by atoms with Crippen molar-refractivity contribution in [3.8, 4) is 0 Å². The van der Waals surface area contributed by atoms with E-state index < -0.39 is 39.9 Å². The molecule has 0 bridgehead atoms. The van der Waals surface area contributed by atoms with Gasteiger partial charge in [-0.3, -0.25) is 4.79 Å². The Morgan fingerprint density at radius 1 is 0.952 bits per heavy atom. The van der Waals surface area contributed by atoms with Gasteiger partial charge in [-0.25, -0.2) is 0 Å². The fraction of sp³-hybridized carbons (Fsp3) is 0.300. The standard InChI is InChI=1S/C10H4Cl3F6NO/c11-3-1-4(12)6(5(13)2-3)20-8(21)7(9(14,15)16)10(17,18)19/h1-2,7H,(H,20,21). The lowest BCUT2D eigenvalue weighted by Gasteiger charge is -2.22. The van der Waals surface area contributed by atoms with Gasteiger partial charge in [0.1, 0.15) is 0 Å². The van der Waals surface area contributed by atoms with Crippen molar-refractivity contribution >= 4 is 46.4 Å². The summed E-state index contributed by atoms with van der Waals surface area (Å²) in [5.74, 6) is -6.55. The Hall–Kier alpha value is -0.860. The van der Waals surface area contributed by atoms with Crippen LogP contribution in [-0.4, -0.2) is 18.3 Å². The lowest BCUT2D eigenvalue weighted by atomic mass is 10.1. The Bertz CT molecular complexity index is 520. The van der Waals surface area contributed by atoms with E-state index in [2.05, 4.69) is 0 Å². The maximum absolute atomic E-state index is 12.4. The molecule has 1 rings (SSSR count). The Balaban J connectivity index is 3.15. The summed E-state index contributed by atoms with van der Waals surface area (Å²) in [5.41, 5.74) is -0.591. The van der Waals surface area contributed by atoms with Gasteiger partial charge in [0.2, 0.25) is 11.8 Å². The highest BCUT2D eigenvalue weighted by Crippen LogP contribution is 2.41. The van der Waals surface area contributed by atoms with Crippen LogP contribution in [0.5, 0.6) is 0 Å². The molecule has 1 aromatic rings. The molecule has 0 fully saturated rings. The number of nitrogens with one attached hydrogen (secondary N) is 1. The van der Waals surface area contributed by atoms with E-state index in [1.807, 2.05) is 0 Å². The average Bonchev–Trinajstić information content (AvgIpc) is 2.18. The molecule has 1 amide bonds. The topological polar surface area (TPSA) is 29.1 Å². The minimum absolute atomic E-state index is 0.00816. The second kappa shape index (κ2) is 6.10. The van der Waals surface area contributed by atoms with Crippen LogP contribution in [0.4, 0.5) is 32.0 Å². The molecule has 0 saturated carbocycles. The van der Waals surface area contributed by atoms with Gasteiger partial charge in [0, 0.05) is 5.02 Å². The van der Waals surface area contributed by atoms with Crippen molar-refractivity contribution in [1.29, 1.82) is 0 Å². The first-order valence-corrected chi connectivity index (χ1v) is 6.06. The van der Waals surface area contributed by atoms with Gasteiger partial charge in [0.15, 0.2) is 0 Å². The lowest BCUT2D eigenvalue weighted by molar-refractivity contribution is -0.272. The Morgan fingerprint density at radius 2 is 1.33 bits per heavy atom. The van der Waals surface area contributed by atoms with Crippen LogP contribution in [0, 0.1) is 5.92 Å². The molecule has 0 spiro atoms. The molecule has 21 heavy (non-hydrogen) atoms. The van der Waals surface area contributed by atoms with Crippen molar-refractivity contribution in [2.75, 3.05) is 5.32 Å². The number of anilines is 1. The first-order chi connectivity index (χ1) is 9.34. The van der Waals surface area contributed by atoms with Crippen LogP contribution in [0.15, 0.2) is 12.1 Å². The lowest BCUT2D eigenvalue weighted by Crippen LogP contribution is -2.45. The van der Waals surface area contributed by atoms with Crippen LogP contribution in [0.25, 0.3) is 0 Å². The predicted molar refractivity (Wildman–Crippen MR) is 65.7 cm³/mol.